The van der Waals surface area contributed by atoms with E-state index in [1.807, 2.05) is 26.0 Å². The average molecular weight is 274 g/mol. The fraction of sp³-hybridized carbons (Fsp3) is 0.294. The van der Waals surface area contributed by atoms with Gasteiger partial charge in [0, 0.05) is 0 Å². The molecule has 2 aromatic carbocycles. The molecule has 0 saturated heterocycles. The molecular weight excluding hydrogens is 255 g/mol. The van der Waals surface area contributed by atoms with E-state index in [2.05, 4.69) is 6.07 Å². The van der Waals surface area contributed by atoms with E-state index in [0.29, 0.717) is 11.3 Å². The van der Waals surface area contributed by atoms with E-state index < -0.39 is 6.10 Å². The van der Waals surface area contributed by atoms with Gasteiger partial charge in [0.2, 0.25) is 0 Å². The molecule has 1 N–H and O–H groups in total. The van der Waals surface area contributed by atoms with E-state index in [1.165, 1.54) is 6.07 Å². The highest BCUT2D eigenvalue weighted by atomic mass is 19.1. The average Bonchev–Trinajstić information content (AvgIpc) is 2.38. The lowest BCUT2D eigenvalue weighted by atomic mass is 10.0. The third-order valence-electron chi connectivity index (χ3n) is 3.17. The summed E-state index contributed by atoms with van der Waals surface area (Å²) >= 11 is 0. The third kappa shape index (κ3) is 3.58. The maximum absolute atomic E-state index is 13.1. The fourth-order valence-electron chi connectivity index (χ4n) is 2.18. The highest BCUT2D eigenvalue weighted by molar-refractivity contribution is 5.31. The van der Waals surface area contributed by atoms with Gasteiger partial charge in [-0.15, -0.1) is 0 Å². The zero-order valence-corrected chi connectivity index (χ0v) is 12.0. The summed E-state index contributed by atoms with van der Waals surface area (Å²) in [6.07, 6.45) is -0.695. The highest BCUT2D eigenvalue weighted by Gasteiger charge is 2.10. The molecule has 20 heavy (non-hydrogen) atoms. The summed E-state index contributed by atoms with van der Waals surface area (Å²) in [5.74, 6) is 0.305. The summed E-state index contributed by atoms with van der Waals surface area (Å²) in [7, 11) is 0. The molecule has 0 amide bonds. The Labute approximate surface area is 118 Å². The minimum Gasteiger partial charge on any atom is -0.491 e. The van der Waals surface area contributed by atoms with Crippen LogP contribution in [0.25, 0.3) is 0 Å². The Balaban J connectivity index is 2.04. The largest absolute Gasteiger partial charge is 0.491 e. The van der Waals surface area contributed by atoms with Crippen molar-refractivity contribution in [3.8, 4) is 5.75 Å². The topological polar surface area (TPSA) is 29.5 Å². The van der Waals surface area contributed by atoms with Gasteiger partial charge in [-0.05, 0) is 50.1 Å². The monoisotopic (exact) mass is 274 g/mol. The number of ether oxygens (including phenoxy) is 1. The third-order valence-corrected chi connectivity index (χ3v) is 3.17. The van der Waals surface area contributed by atoms with Gasteiger partial charge in [0.15, 0.2) is 0 Å². The zero-order chi connectivity index (χ0) is 14.7. The van der Waals surface area contributed by atoms with E-state index in [9.17, 15) is 9.50 Å². The minimum absolute atomic E-state index is 0.147. The molecule has 2 rings (SSSR count). The molecule has 106 valence electrons. The molecule has 0 fully saturated rings. The van der Waals surface area contributed by atoms with E-state index >= 15 is 0 Å². The number of hydrogen-bond acceptors (Lipinski definition) is 2. The van der Waals surface area contributed by atoms with Crippen molar-refractivity contribution in [1.29, 1.82) is 0 Å². The number of benzene rings is 2. The van der Waals surface area contributed by atoms with Crippen molar-refractivity contribution in [2.75, 3.05) is 6.61 Å². The minimum atomic E-state index is -0.695. The lowest BCUT2D eigenvalue weighted by Crippen LogP contribution is -2.10. The number of halogens is 1. The van der Waals surface area contributed by atoms with Gasteiger partial charge in [0.1, 0.15) is 24.3 Å². The first-order valence-electron chi connectivity index (χ1n) is 6.61. The SMILES string of the molecule is Cc1cc(C)cc(C(O)COc2ccc(F)c(C)c2)c1. The molecule has 2 aromatic rings. The maximum Gasteiger partial charge on any atom is 0.126 e. The first-order valence-corrected chi connectivity index (χ1v) is 6.61. The highest BCUT2D eigenvalue weighted by Crippen LogP contribution is 2.20. The number of aliphatic hydroxyl groups is 1. The maximum atomic E-state index is 13.1. The summed E-state index contributed by atoms with van der Waals surface area (Å²) in [6, 6.07) is 10.5. The van der Waals surface area contributed by atoms with Gasteiger partial charge in [-0.3, -0.25) is 0 Å². The van der Waals surface area contributed by atoms with Gasteiger partial charge in [0.05, 0.1) is 0 Å². The van der Waals surface area contributed by atoms with Gasteiger partial charge in [-0.1, -0.05) is 29.3 Å². The Morgan fingerprint density at radius 3 is 2.30 bits per heavy atom. The van der Waals surface area contributed by atoms with E-state index in [1.54, 1.807) is 19.1 Å². The van der Waals surface area contributed by atoms with Crippen molar-refractivity contribution in [2.24, 2.45) is 0 Å². The van der Waals surface area contributed by atoms with E-state index in [0.717, 1.165) is 16.7 Å². The molecule has 2 nitrogen and oxygen atoms in total. The molecule has 0 heterocycles. The summed E-state index contributed by atoms with van der Waals surface area (Å²) < 4.78 is 18.7. The second-order valence-corrected chi connectivity index (χ2v) is 5.16. The molecule has 1 unspecified atom stereocenters. The smallest absolute Gasteiger partial charge is 0.126 e. The van der Waals surface area contributed by atoms with E-state index in [4.69, 9.17) is 4.74 Å². The number of rotatable bonds is 4. The van der Waals surface area contributed by atoms with Crippen LogP contribution in [0.4, 0.5) is 4.39 Å². The van der Waals surface area contributed by atoms with Gasteiger partial charge >= 0.3 is 0 Å². The molecule has 0 aliphatic heterocycles. The van der Waals surface area contributed by atoms with Gasteiger partial charge in [-0.25, -0.2) is 4.39 Å². The molecule has 0 saturated carbocycles. The molecule has 1 atom stereocenters. The van der Waals surface area contributed by atoms with Crippen LogP contribution in [-0.2, 0) is 0 Å². The first kappa shape index (κ1) is 14.5. The van der Waals surface area contributed by atoms with Crippen LogP contribution in [0.5, 0.6) is 5.75 Å². The van der Waals surface area contributed by atoms with Crippen LogP contribution in [0.1, 0.15) is 28.4 Å². The van der Waals surface area contributed by atoms with Crippen LogP contribution >= 0.6 is 0 Å². The predicted octanol–water partition coefficient (Wildman–Crippen LogP) is 3.86. The zero-order valence-electron chi connectivity index (χ0n) is 12.0. The van der Waals surface area contributed by atoms with E-state index in [-0.39, 0.29) is 12.4 Å². The Morgan fingerprint density at radius 1 is 1.05 bits per heavy atom. The quantitative estimate of drug-likeness (QED) is 0.917. The summed E-state index contributed by atoms with van der Waals surface area (Å²) in [5, 5.41) is 10.2. The normalized spacial score (nSPS) is 12.2. The Bertz CT molecular complexity index is 588. The molecule has 0 bridgehead atoms. The summed E-state index contributed by atoms with van der Waals surface area (Å²) in [6.45, 7) is 5.82. The Morgan fingerprint density at radius 2 is 1.70 bits per heavy atom. The van der Waals surface area contributed by atoms with Crippen molar-refractivity contribution in [3.05, 3.63) is 64.5 Å². The molecule has 3 heteroatoms. The molecule has 0 aromatic heterocycles. The molecule has 0 radical (unpaired) electrons. The number of hydrogen-bond donors (Lipinski definition) is 1. The first-order chi connectivity index (χ1) is 9.45. The fourth-order valence-corrected chi connectivity index (χ4v) is 2.18. The number of aryl methyl sites for hydroxylation is 3. The molecule has 0 spiro atoms. The Kier molecular flexibility index (Phi) is 4.40. The lowest BCUT2D eigenvalue weighted by Gasteiger charge is -2.14. The van der Waals surface area contributed by atoms with Crippen LogP contribution in [0.2, 0.25) is 0 Å². The summed E-state index contributed by atoms with van der Waals surface area (Å²) in [4.78, 5) is 0. The van der Waals surface area contributed by atoms with Crippen molar-refractivity contribution >= 4 is 0 Å². The summed E-state index contributed by atoms with van der Waals surface area (Å²) in [5.41, 5.74) is 3.58. The second-order valence-electron chi connectivity index (χ2n) is 5.16. The predicted molar refractivity (Wildman–Crippen MR) is 77.5 cm³/mol. The number of aliphatic hydroxyl groups excluding tert-OH is 1. The van der Waals surface area contributed by atoms with Crippen molar-refractivity contribution < 1.29 is 14.2 Å². The van der Waals surface area contributed by atoms with Crippen LogP contribution in [0.15, 0.2) is 36.4 Å². The standard InChI is InChI=1S/C17H19FO2/c1-11-6-12(2)8-14(7-11)17(19)10-20-15-4-5-16(18)13(3)9-15/h4-9,17,19H,10H2,1-3H3. The van der Waals surface area contributed by atoms with Crippen LogP contribution < -0.4 is 4.74 Å². The molecular formula is C17H19FO2. The van der Waals surface area contributed by atoms with Gasteiger partial charge < -0.3 is 9.84 Å². The van der Waals surface area contributed by atoms with Gasteiger partial charge in [0.25, 0.3) is 0 Å². The Hall–Kier alpha value is -1.87. The lowest BCUT2D eigenvalue weighted by molar-refractivity contribution is 0.108. The van der Waals surface area contributed by atoms with Crippen molar-refractivity contribution in [2.45, 2.75) is 26.9 Å². The van der Waals surface area contributed by atoms with Crippen molar-refractivity contribution in [3.63, 3.8) is 0 Å². The van der Waals surface area contributed by atoms with Crippen LogP contribution in [0.3, 0.4) is 0 Å². The van der Waals surface area contributed by atoms with Gasteiger partial charge in [-0.2, -0.15) is 0 Å². The van der Waals surface area contributed by atoms with Crippen molar-refractivity contribution in [1.82, 2.24) is 0 Å². The second kappa shape index (κ2) is 6.06. The molecule has 0 aliphatic carbocycles. The molecule has 0 aliphatic rings. The van der Waals surface area contributed by atoms with Crippen LogP contribution in [-0.4, -0.2) is 11.7 Å². The van der Waals surface area contributed by atoms with Crippen LogP contribution in [0, 0.1) is 26.6 Å².